The van der Waals surface area contributed by atoms with Crippen molar-refractivity contribution in [3.05, 3.63) is 51.8 Å². The first-order chi connectivity index (χ1) is 8.63. The summed E-state index contributed by atoms with van der Waals surface area (Å²) in [4.78, 5) is 14.0. The first-order valence-corrected chi connectivity index (χ1v) is 4.95. The van der Waals surface area contributed by atoms with E-state index in [0.29, 0.717) is 5.56 Å². The number of hydrogen-bond donors (Lipinski definition) is 0. The number of nitrogens with zero attached hydrogens (tertiary/aromatic N) is 4. The summed E-state index contributed by atoms with van der Waals surface area (Å²) in [5.74, 6) is -0.941. The van der Waals surface area contributed by atoms with Gasteiger partial charge in [-0.3, -0.25) is 4.79 Å². The lowest BCUT2D eigenvalue weighted by atomic mass is 10.1. The van der Waals surface area contributed by atoms with Crippen LogP contribution < -0.4 is 0 Å². The first-order valence-electron chi connectivity index (χ1n) is 4.95. The number of rotatable bonds is 2. The van der Waals surface area contributed by atoms with E-state index >= 15 is 0 Å². The van der Waals surface area contributed by atoms with Crippen molar-refractivity contribution in [2.45, 2.75) is 6.92 Å². The van der Waals surface area contributed by atoms with E-state index in [1.807, 2.05) is 0 Å². The van der Waals surface area contributed by atoms with E-state index in [2.05, 4.69) is 15.2 Å². The van der Waals surface area contributed by atoms with E-state index in [1.54, 1.807) is 0 Å². The van der Waals surface area contributed by atoms with Gasteiger partial charge < -0.3 is 4.52 Å². The highest BCUT2D eigenvalue weighted by Crippen LogP contribution is 2.26. The maximum Gasteiger partial charge on any atom is 0.254 e. The summed E-state index contributed by atoms with van der Waals surface area (Å²) in [5.41, 5.74) is 9.08. The summed E-state index contributed by atoms with van der Waals surface area (Å²) in [6.45, 7) is 1.53. The molecule has 0 unspecified atom stereocenters. The average molecular weight is 246 g/mol. The fraction of sp³-hybridized carbons (Fsp3) is 0.0909. The fourth-order valence-corrected chi connectivity index (χ4v) is 1.52. The lowest BCUT2D eigenvalue weighted by Crippen LogP contribution is -1.97. The van der Waals surface area contributed by atoms with Gasteiger partial charge in [-0.1, -0.05) is 5.16 Å². The highest BCUT2D eigenvalue weighted by molar-refractivity contribution is 6.01. The van der Waals surface area contributed by atoms with Gasteiger partial charge in [-0.2, -0.15) is 0 Å². The Morgan fingerprint density at radius 1 is 1.44 bits per heavy atom. The van der Waals surface area contributed by atoms with E-state index in [0.717, 1.165) is 0 Å². The molecule has 90 valence electrons. The van der Waals surface area contributed by atoms with Crippen LogP contribution >= 0.6 is 0 Å². The minimum Gasteiger partial charge on any atom is -0.360 e. The third-order valence-corrected chi connectivity index (χ3v) is 2.33. The van der Waals surface area contributed by atoms with Gasteiger partial charge in [-0.15, -0.1) is 0 Å². The van der Waals surface area contributed by atoms with Crippen molar-refractivity contribution < 1.29 is 13.7 Å². The van der Waals surface area contributed by atoms with Gasteiger partial charge in [0.25, 0.3) is 5.91 Å². The Morgan fingerprint density at radius 2 is 2.11 bits per heavy atom. The number of carbonyl (C=O) groups is 1. The number of aromatic nitrogens is 1. The second-order valence-electron chi connectivity index (χ2n) is 3.46. The Hall–Kier alpha value is -2.66. The number of amides is 1. The van der Waals surface area contributed by atoms with Gasteiger partial charge in [-0.05, 0) is 41.8 Å². The summed E-state index contributed by atoms with van der Waals surface area (Å²) in [5, 5.41) is 6.72. The Kier molecular flexibility index (Phi) is 3.07. The van der Waals surface area contributed by atoms with Gasteiger partial charge in [0.05, 0.1) is 5.56 Å². The zero-order valence-corrected chi connectivity index (χ0v) is 9.29. The van der Waals surface area contributed by atoms with Gasteiger partial charge in [0.1, 0.15) is 17.3 Å². The SMILES string of the molecule is Cc1onc(-c2ccc(F)cc2)c1C(=O)N=[N+]=[N-]. The van der Waals surface area contributed by atoms with Crippen LogP contribution in [0.15, 0.2) is 33.9 Å². The fourth-order valence-electron chi connectivity index (χ4n) is 1.52. The predicted molar refractivity (Wildman–Crippen MR) is 60.1 cm³/mol. The van der Waals surface area contributed by atoms with Gasteiger partial charge >= 0.3 is 0 Å². The molecule has 0 aliphatic heterocycles. The number of azide groups is 1. The maximum atomic E-state index is 12.8. The van der Waals surface area contributed by atoms with Crippen LogP contribution in [0.3, 0.4) is 0 Å². The predicted octanol–water partition coefficient (Wildman–Crippen LogP) is 3.24. The van der Waals surface area contributed by atoms with E-state index in [-0.39, 0.29) is 17.0 Å². The average Bonchev–Trinajstić information content (AvgIpc) is 2.72. The minimum atomic E-state index is -0.782. The number of halogens is 1. The highest BCUT2D eigenvalue weighted by atomic mass is 19.1. The molecule has 0 fully saturated rings. The summed E-state index contributed by atoms with van der Waals surface area (Å²) >= 11 is 0. The third kappa shape index (κ3) is 2.07. The number of carbonyl (C=O) groups excluding carboxylic acids is 1. The Bertz CT molecular complexity index is 642. The molecule has 0 radical (unpaired) electrons. The zero-order valence-electron chi connectivity index (χ0n) is 9.29. The molecular formula is C11H7FN4O2. The van der Waals surface area contributed by atoms with Gasteiger partial charge in [0.2, 0.25) is 0 Å². The van der Waals surface area contributed by atoms with E-state index in [4.69, 9.17) is 10.1 Å². The van der Waals surface area contributed by atoms with E-state index in [9.17, 15) is 9.18 Å². The van der Waals surface area contributed by atoms with Gasteiger partial charge in [0.15, 0.2) is 0 Å². The Labute approximate surface area is 101 Å². The standard InChI is InChI=1S/C11H7FN4O2/c1-6-9(11(17)14-16-13)10(15-18-6)7-2-4-8(12)5-3-7/h2-5H,1H3. The molecule has 0 bridgehead atoms. The smallest absolute Gasteiger partial charge is 0.254 e. The van der Waals surface area contributed by atoms with E-state index in [1.165, 1.54) is 31.2 Å². The van der Waals surface area contributed by atoms with Crippen molar-refractivity contribution in [1.29, 1.82) is 0 Å². The van der Waals surface area contributed by atoms with Gasteiger partial charge in [-0.25, -0.2) is 4.39 Å². The number of benzene rings is 1. The Balaban J connectivity index is 2.55. The molecule has 0 saturated heterocycles. The Morgan fingerprint density at radius 3 is 2.72 bits per heavy atom. The van der Waals surface area contributed by atoms with Crippen molar-refractivity contribution in [3.63, 3.8) is 0 Å². The molecule has 18 heavy (non-hydrogen) atoms. The van der Waals surface area contributed by atoms with Crippen molar-refractivity contribution in [3.8, 4) is 11.3 Å². The topological polar surface area (TPSA) is 91.9 Å². The zero-order chi connectivity index (χ0) is 13.1. The monoisotopic (exact) mass is 246 g/mol. The molecule has 0 N–H and O–H groups in total. The quantitative estimate of drug-likeness (QED) is 0.462. The molecule has 2 aromatic rings. The number of hydrogen-bond acceptors (Lipinski definition) is 3. The molecule has 7 heteroatoms. The van der Waals surface area contributed by atoms with E-state index < -0.39 is 11.7 Å². The lowest BCUT2D eigenvalue weighted by molar-refractivity contribution is 0.0999. The molecule has 0 atom stereocenters. The van der Waals surface area contributed by atoms with Crippen LogP contribution in [-0.4, -0.2) is 11.1 Å². The second kappa shape index (κ2) is 4.68. The molecule has 2 rings (SSSR count). The molecular weight excluding hydrogens is 239 g/mol. The molecule has 0 aliphatic carbocycles. The molecule has 0 spiro atoms. The molecule has 0 saturated carbocycles. The molecule has 0 aliphatic rings. The summed E-state index contributed by atoms with van der Waals surface area (Å²) in [6.07, 6.45) is 0. The van der Waals surface area contributed by atoms with Crippen LogP contribution in [-0.2, 0) is 0 Å². The number of aryl methyl sites for hydroxylation is 1. The summed E-state index contributed by atoms with van der Waals surface area (Å²) in [6, 6.07) is 5.39. The van der Waals surface area contributed by atoms with Crippen LogP contribution in [0.2, 0.25) is 0 Å². The molecule has 1 heterocycles. The van der Waals surface area contributed by atoms with Crippen LogP contribution in [0.4, 0.5) is 4.39 Å². The molecule has 6 nitrogen and oxygen atoms in total. The van der Waals surface area contributed by atoms with Crippen LogP contribution in [0.1, 0.15) is 16.1 Å². The van der Waals surface area contributed by atoms with Crippen molar-refractivity contribution in [2.75, 3.05) is 0 Å². The van der Waals surface area contributed by atoms with Crippen molar-refractivity contribution >= 4 is 5.91 Å². The maximum absolute atomic E-state index is 12.8. The van der Waals surface area contributed by atoms with Crippen LogP contribution in [0.25, 0.3) is 21.7 Å². The lowest BCUT2D eigenvalue weighted by Gasteiger charge is -1.98. The van der Waals surface area contributed by atoms with Crippen molar-refractivity contribution in [1.82, 2.24) is 5.16 Å². The van der Waals surface area contributed by atoms with Gasteiger partial charge in [0, 0.05) is 10.5 Å². The first kappa shape index (κ1) is 11.8. The summed E-state index contributed by atoms with van der Waals surface area (Å²) in [7, 11) is 0. The van der Waals surface area contributed by atoms with Crippen LogP contribution in [0.5, 0.6) is 0 Å². The molecule has 1 aromatic carbocycles. The van der Waals surface area contributed by atoms with Crippen LogP contribution in [0, 0.1) is 12.7 Å². The van der Waals surface area contributed by atoms with Crippen molar-refractivity contribution in [2.24, 2.45) is 5.11 Å². The third-order valence-electron chi connectivity index (χ3n) is 2.33. The largest absolute Gasteiger partial charge is 0.360 e. The normalized spacial score (nSPS) is 9.89. The molecule has 1 aromatic heterocycles. The molecule has 1 amide bonds. The summed E-state index contributed by atoms with van der Waals surface area (Å²) < 4.78 is 17.7. The highest BCUT2D eigenvalue weighted by Gasteiger charge is 2.20. The minimum absolute atomic E-state index is 0.0828. The second-order valence-corrected chi connectivity index (χ2v) is 3.46.